The van der Waals surface area contributed by atoms with Crippen LogP contribution in [0.1, 0.15) is 22.9 Å². The van der Waals surface area contributed by atoms with Gasteiger partial charge in [-0.15, -0.1) is 0 Å². The van der Waals surface area contributed by atoms with Crippen LogP contribution in [-0.2, 0) is 13.5 Å². The van der Waals surface area contributed by atoms with Crippen molar-refractivity contribution < 1.29 is 4.39 Å². The lowest BCUT2D eigenvalue weighted by Gasteiger charge is -2.16. The molecule has 19 heavy (non-hydrogen) atoms. The Hall–Kier alpha value is -1.39. The molecule has 2 rings (SSSR count). The maximum atomic E-state index is 13.3. The van der Waals surface area contributed by atoms with Crippen LogP contribution in [0.5, 0.6) is 0 Å². The van der Waals surface area contributed by atoms with E-state index in [1.165, 1.54) is 6.07 Å². The first-order chi connectivity index (χ1) is 9.02. The van der Waals surface area contributed by atoms with Crippen molar-refractivity contribution in [2.75, 3.05) is 7.05 Å². The number of hydrogen-bond donors (Lipinski definition) is 1. The van der Waals surface area contributed by atoms with Gasteiger partial charge < -0.3 is 5.32 Å². The average molecular weight is 282 g/mol. The first kappa shape index (κ1) is 14.0. The number of hydrogen-bond acceptors (Lipinski definition) is 2. The van der Waals surface area contributed by atoms with E-state index in [0.717, 1.165) is 16.8 Å². The van der Waals surface area contributed by atoms with E-state index in [-0.39, 0.29) is 11.9 Å². The number of nitrogens with one attached hydrogen (secondary N) is 1. The van der Waals surface area contributed by atoms with Crippen molar-refractivity contribution in [3.8, 4) is 0 Å². The summed E-state index contributed by atoms with van der Waals surface area (Å²) in [6, 6.07) is 6.62. The molecule has 1 atom stereocenters. The van der Waals surface area contributed by atoms with Gasteiger partial charge in [-0.25, -0.2) is 4.39 Å². The average Bonchev–Trinajstić information content (AvgIpc) is 2.61. The largest absolute Gasteiger partial charge is 0.313 e. The van der Waals surface area contributed by atoms with Gasteiger partial charge in [-0.2, -0.15) is 5.10 Å². The molecule has 2 aromatic rings. The van der Waals surface area contributed by atoms with Crippen LogP contribution in [0.4, 0.5) is 4.39 Å². The summed E-state index contributed by atoms with van der Waals surface area (Å²) in [5.74, 6) is -0.230. The quantitative estimate of drug-likeness (QED) is 0.934. The summed E-state index contributed by atoms with van der Waals surface area (Å²) in [4.78, 5) is 0. The van der Waals surface area contributed by atoms with Crippen LogP contribution < -0.4 is 5.32 Å². The minimum Gasteiger partial charge on any atom is -0.313 e. The molecule has 1 aromatic heterocycles. The molecule has 1 unspecified atom stereocenters. The molecular formula is C14H17ClFN3. The zero-order valence-corrected chi connectivity index (χ0v) is 12.0. The predicted molar refractivity (Wildman–Crippen MR) is 74.9 cm³/mol. The summed E-state index contributed by atoms with van der Waals surface area (Å²) in [5, 5.41) is 8.12. The van der Waals surface area contributed by atoms with Gasteiger partial charge in [0.05, 0.1) is 5.69 Å². The Kier molecular flexibility index (Phi) is 4.22. The van der Waals surface area contributed by atoms with Gasteiger partial charge in [-0.1, -0.05) is 23.7 Å². The van der Waals surface area contributed by atoms with Crippen LogP contribution in [0.15, 0.2) is 24.3 Å². The van der Waals surface area contributed by atoms with Crippen LogP contribution in [0.2, 0.25) is 5.15 Å². The van der Waals surface area contributed by atoms with Gasteiger partial charge in [0.25, 0.3) is 0 Å². The molecule has 0 saturated heterocycles. The number of likely N-dealkylation sites (N-methyl/N-ethyl adjacent to an activating group) is 1. The minimum atomic E-state index is -0.230. The Morgan fingerprint density at radius 1 is 1.47 bits per heavy atom. The van der Waals surface area contributed by atoms with Gasteiger partial charge in [-0.3, -0.25) is 4.68 Å². The highest BCUT2D eigenvalue weighted by Gasteiger charge is 2.17. The maximum Gasteiger partial charge on any atom is 0.130 e. The topological polar surface area (TPSA) is 29.9 Å². The molecule has 5 heteroatoms. The normalized spacial score (nSPS) is 12.7. The Balaban J connectivity index is 2.29. The molecule has 0 spiro atoms. The van der Waals surface area contributed by atoms with Crippen molar-refractivity contribution in [2.24, 2.45) is 7.05 Å². The molecule has 0 amide bonds. The van der Waals surface area contributed by atoms with Crippen molar-refractivity contribution in [2.45, 2.75) is 19.4 Å². The van der Waals surface area contributed by atoms with E-state index < -0.39 is 0 Å². The minimum absolute atomic E-state index is 0.0103. The zero-order chi connectivity index (χ0) is 14.0. The van der Waals surface area contributed by atoms with Crippen molar-refractivity contribution in [1.29, 1.82) is 0 Å². The summed E-state index contributed by atoms with van der Waals surface area (Å²) in [6.07, 6.45) is 0.679. The fourth-order valence-electron chi connectivity index (χ4n) is 2.22. The Morgan fingerprint density at radius 3 is 2.74 bits per heavy atom. The molecule has 102 valence electrons. The SMILES string of the molecule is CNC(Cc1c(C)nn(C)c1Cl)c1cccc(F)c1. The Morgan fingerprint density at radius 2 is 2.21 bits per heavy atom. The van der Waals surface area contributed by atoms with Crippen molar-refractivity contribution in [1.82, 2.24) is 15.1 Å². The van der Waals surface area contributed by atoms with E-state index in [2.05, 4.69) is 10.4 Å². The summed E-state index contributed by atoms with van der Waals surface area (Å²) in [6.45, 7) is 1.93. The fraction of sp³-hybridized carbons (Fsp3) is 0.357. The number of rotatable bonds is 4. The van der Waals surface area contributed by atoms with Gasteiger partial charge >= 0.3 is 0 Å². The predicted octanol–water partition coefficient (Wildman–Crippen LogP) is 3.02. The molecule has 0 fully saturated rings. The lowest BCUT2D eigenvalue weighted by Crippen LogP contribution is -2.19. The first-order valence-corrected chi connectivity index (χ1v) is 6.51. The maximum absolute atomic E-state index is 13.3. The standard InChI is InChI=1S/C14H17ClFN3/c1-9-12(14(15)19(3)18-9)8-13(17-2)10-5-4-6-11(16)7-10/h4-7,13,17H,8H2,1-3H3. The summed E-state index contributed by atoms with van der Waals surface area (Å²) in [5.41, 5.74) is 2.80. The molecule has 1 aromatic carbocycles. The second-order valence-electron chi connectivity index (χ2n) is 4.58. The highest BCUT2D eigenvalue weighted by molar-refractivity contribution is 6.30. The monoisotopic (exact) mass is 281 g/mol. The number of nitrogens with zero attached hydrogens (tertiary/aromatic N) is 2. The zero-order valence-electron chi connectivity index (χ0n) is 11.2. The van der Waals surface area contributed by atoms with Crippen molar-refractivity contribution >= 4 is 11.6 Å². The van der Waals surface area contributed by atoms with Crippen LogP contribution in [0.3, 0.4) is 0 Å². The van der Waals surface area contributed by atoms with E-state index in [0.29, 0.717) is 11.6 Å². The summed E-state index contributed by atoms with van der Waals surface area (Å²) < 4.78 is 15.0. The van der Waals surface area contributed by atoms with Crippen molar-refractivity contribution in [3.05, 3.63) is 52.1 Å². The van der Waals surface area contributed by atoms with Crippen LogP contribution in [0.25, 0.3) is 0 Å². The van der Waals surface area contributed by atoms with Crippen LogP contribution >= 0.6 is 11.6 Å². The van der Waals surface area contributed by atoms with Gasteiger partial charge in [0.15, 0.2) is 0 Å². The third kappa shape index (κ3) is 2.96. The number of halogens is 2. The fourth-order valence-corrected chi connectivity index (χ4v) is 2.47. The first-order valence-electron chi connectivity index (χ1n) is 6.13. The van der Waals surface area contributed by atoms with Gasteiger partial charge in [0, 0.05) is 18.7 Å². The van der Waals surface area contributed by atoms with Gasteiger partial charge in [0.1, 0.15) is 11.0 Å². The van der Waals surface area contributed by atoms with E-state index in [1.54, 1.807) is 16.8 Å². The van der Waals surface area contributed by atoms with Crippen molar-refractivity contribution in [3.63, 3.8) is 0 Å². The van der Waals surface area contributed by atoms with Crippen LogP contribution in [0, 0.1) is 12.7 Å². The second kappa shape index (κ2) is 5.72. The van der Waals surface area contributed by atoms with E-state index in [4.69, 9.17) is 11.6 Å². The lowest BCUT2D eigenvalue weighted by atomic mass is 9.99. The molecular weight excluding hydrogens is 265 g/mol. The summed E-state index contributed by atoms with van der Waals surface area (Å²) >= 11 is 6.23. The lowest BCUT2D eigenvalue weighted by molar-refractivity contribution is 0.576. The van der Waals surface area contributed by atoms with E-state index >= 15 is 0 Å². The number of benzene rings is 1. The molecule has 0 aliphatic carbocycles. The highest BCUT2D eigenvalue weighted by atomic mass is 35.5. The van der Waals surface area contributed by atoms with Gasteiger partial charge in [0.2, 0.25) is 0 Å². The number of aryl methyl sites for hydroxylation is 2. The van der Waals surface area contributed by atoms with E-state index in [9.17, 15) is 4.39 Å². The Labute approximate surface area is 117 Å². The molecule has 0 saturated carbocycles. The van der Waals surface area contributed by atoms with E-state index in [1.807, 2.05) is 27.1 Å². The molecule has 0 aliphatic heterocycles. The van der Waals surface area contributed by atoms with Crippen LogP contribution in [-0.4, -0.2) is 16.8 Å². The highest BCUT2D eigenvalue weighted by Crippen LogP contribution is 2.25. The Bertz CT molecular complexity index is 580. The molecule has 0 aliphatic rings. The summed E-state index contributed by atoms with van der Waals surface area (Å²) in [7, 11) is 3.67. The number of aromatic nitrogens is 2. The third-order valence-electron chi connectivity index (χ3n) is 3.28. The molecule has 0 radical (unpaired) electrons. The third-order valence-corrected chi connectivity index (χ3v) is 3.75. The smallest absolute Gasteiger partial charge is 0.130 e. The molecule has 1 N–H and O–H groups in total. The van der Waals surface area contributed by atoms with Gasteiger partial charge in [-0.05, 0) is 38.1 Å². The molecule has 1 heterocycles. The molecule has 3 nitrogen and oxygen atoms in total. The second-order valence-corrected chi connectivity index (χ2v) is 4.94. The molecule has 0 bridgehead atoms.